The van der Waals surface area contributed by atoms with Gasteiger partial charge in [0.25, 0.3) is 15.9 Å². The van der Waals surface area contributed by atoms with Crippen LogP contribution in [0.15, 0.2) is 53.4 Å². The molecule has 0 saturated heterocycles. The predicted octanol–water partition coefficient (Wildman–Crippen LogP) is 2.28. The van der Waals surface area contributed by atoms with E-state index in [1.807, 2.05) is 35.9 Å². The highest BCUT2D eigenvalue weighted by molar-refractivity contribution is 7.90. The Bertz CT molecular complexity index is 934. The second-order valence-corrected chi connectivity index (χ2v) is 7.21. The Balaban J connectivity index is 1.73. The molecule has 6 nitrogen and oxygen atoms in total. The van der Waals surface area contributed by atoms with Gasteiger partial charge in [-0.25, -0.2) is 13.1 Å². The first kappa shape index (κ1) is 17.0. The van der Waals surface area contributed by atoms with Crippen molar-refractivity contribution in [3.05, 3.63) is 59.7 Å². The number of ether oxygens (including phenoxy) is 2. The van der Waals surface area contributed by atoms with Crippen molar-refractivity contribution in [3.8, 4) is 11.5 Å². The largest absolute Gasteiger partial charge is 0.486 e. The number of benzene rings is 2. The first-order chi connectivity index (χ1) is 11.9. The number of hydrogen-bond donors (Lipinski definition) is 1. The molecule has 7 heteroatoms. The van der Waals surface area contributed by atoms with Crippen LogP contribution in [0.3, 0.4) is 0 Å². The molecule has 2 aromatic rings. The van der Waals surface area contributed by atoms with E-state index in [9.17, 15) is 13.2 Å². The fourth-order valence-electron chi connectivity index (χ4n) is 2.36. The summed E-state index contributed by atoms with van der Waals surface area (Å²) in [7, 11) is -3.99. The third-order valence-electron chi connectivity index (χ3n) is 3.53. The SMILES string of the molecule is Cc1cccc(/C=C/C(=O)NS(=O)(=O)c2ccc3c(c2)OCCO3)c1. The predicted molar refractivity (Wildman–Crippen MR) is 93.0 cm³/mol. The van der Waals surface area contributed by atoms with Gasteiger partial charge in [-0.15, -0.1) is 0 Å². The second kappa shape index (κ2) is 6.98. The molecule has 0 spiro atoms. The molecule has 0 atom stereocenters. The van der Waals surface area contributed by atoms with E-state index in [4.69, 9.17) is 9.47 Å². The zero-order valence-corrected chi connectivity index (χ0v) is 14.4. The molecule has 0 unspecified atom stereocenters. The highest BCUT2D eigenvalue weighted by atomic mass is 32.2. The van der Waals surface area contributed by atoms with E-state index in [1.54, 1.807) is 6.08 Å². The highest BCUT2D eigenvalue weighted by Gasteiger charge is 2.20. The maximum atomic E-state index is 12.3. The van der Waals surface area contributed by atoms with Crippen LogP contribution < -0.4 is 14.2 Å². The smallest absolute Gasteiger partial charge is 0.264 e. The van der Waals surface area contributed by atoms with Crippen LogP contribution in [0.25, 0.3) is 6.08 Å². The zero-order chi connectivity index (χ0) is 17.9. The molecule has 3 rings (SSSR count). The van der Waals surface area contributed by atoms with Gasteiger partial charge in [0.15, 0.2) is 11.5 Å². The van der Waals surface area contributed by atoms with E-state index >= 15 is 0 Å². The molecule has 0 aromatic heterocycles. The Hall–Kier alpha value is -2.80. The van der Waals surface area contributed by atoms with Gasteiger partial charge >= 0.3 is 0 Å². The minimum atomic E-state index is -3.99. The monoisotopic (exact) mass is 359 g/mol. The molecule has 1 aliphatic heterocycles. The third kappa shape index (κ3) is 4.19. The van der Waals surface area contributed by atoms with Crippen molar-refractivity contribution in [1.29, 1.82) is 0 Å². The quantitative estimate of drug-likeness (QED) is 0.847. The lowest BCUT2D eigenvalue weighted by molar-refractivity contribution is -0.114. The van der Waals surface area contributed by atoms with Crippen LogP contribution in [0.1, 0.15) is 11.1 Å². The van der Waals surface area contributed by atoms with Gasteiger partial charge in [0.2, 0.25) is 0 Å². The van der Waals surface area contributed by atoms with E-state index in [0.29, 0.717) is 24.7 Å². The van der Waals surface area contributed by atoms with E-state index in [2.05, 4.69) is 0 Å². The summed E-state index contributed by atoms with van der Waals surface area (Å²) in [5, 5.41) is 0. The Kier molecular flexibility index (Phi) is 4.76. The number of aryl methyl sites for hydroxylation is 1. The van der Waals surface area contributed by atoms with Crippen molar-refractivity contribution in [1.82, 2.24) is 4.72 Å². The van der Waals surface area contributed by atoms with Crippen LogP contribution in [0.4, 0.5) is 0 Å². The van der Waals surface area contributed by atoms with Gasteiger partial charge in [0, 0.05) is 12.1 Å². The van der Waals surface area contributed by atoms with Gasteiger partial charge in [-0.2, -0.15) is 0 Å². The van der Waals surface area contributed by atoms with E-state index in [0.717, 1.165) is 11.1 Å². The molecule has 1 N–H and O–H groups in total. The maximum Gasteiger partial charge on any atom is 0.264 e. The van der Waals surface area contributed by atoms with Gasteiger partial charge in [-0.05, 0) is 30.7 Å². The summed E-state index contributed by atoms with van der Waals surface area (Å²) in [4.78, 5) is 11.9. The van der Waals surface area contributed by atoms with Crippen molar-refractivity contribution in [3.63, 3.8) is 0 Å². The lowest BCUT2D eigenvalue weighted by Gasteiger charge is -2.18. The van der Waals surface area contributed by atoms with E-state index in [-0.39, 0.29) is 4.90 Å². The Labute approximate surface area is 146 Å². The van der Waals surface area contributed by atoms with Gasteiger partial charge in [-0.1, -0.05) is 29.8 Å². The van der Waals surface area contributed by atoms with Crippen LogP contribution in [0.5, 0.6) is 11.5 Å². The lowest BCUT2D eigenvalue weighted by atomic mass is 10.1. The molecule has 0 radical (unpaired) electrons. The minimum absolute atomic E-state index is 0.0611. The van der Waals surface area contributed by atoms with Crippen LogP contribution in [0.2, 0.25) is 0 Å². The molecular weight excluding hydrogens is 342 g/mol. The third-order valence-corrected chi connectivity index (χ3v) is 4.87. The first-order valence-corrected chi connectivity index (χ1v) is 9.13. The van der Waals surface area contributed by atoms with Crippen molar-refractivity contribution in [2.75, 3.05) is 13.2 Å². The van der Waals surface area contributed by atoms with Crippen LogP contribution in [-0.4, -0.2) is 27.5 Å². The van der Waals surface area contributed by atoms with Crippen molar-refractivity contribution < 1.29 is 22.7 Å². The Morgan fingerprint density at radius 2 is 1.84 bits per heavy atom. The molecule has 0 saturated carbocycles. The molecule has 2 aromatic carbocycles. The molecule has 0 bridgehead atoms. The average molecular weight is 359 g/mol. The molecule has 1 heterocycles. The van der Waals surface area contributed by atoms with Gasteiger partial charge in [0.05, 0.1) is 4.90 Å². The summed E-state index contributed by atoms with van der Waals surface area (Å²) >= 11 is 0. The Morgan fingerprint density at radius 1 is 1.08 bits per heavy atom. The van der Waals surface area contributed by atoms with Crippen molar-refractivity contribution >= 4 is 22.0 Å². The topological polar surface area (TPSA) is 81.7 Å². The number of rotatable bonds is 4. The number of carbonyl (C=O) groups is 1. The zero-order valence-electron chi connectivity index (χ0n) is 13.6. The summed E-state index contributed by atoms with van der Waals surface area (Å²) in [5.41, 5.74) is 1.86. The molecule has 25 heavy (non-hydrogen) atoms. The van der Waals surface area contributed by atoms with E-state index < -0.39 is 15.9 Å². The standard InChI is InChI=1S/C18H17NO5S/c1-13-3-2-4-14(11-13)5-8-18(20)19-25(21,22)15-6-7-16-17(12-15)24-10-9-23-16/h2-8,11-12H,9-10H2,1H3,(H,19,20)/b8-5+. The van der Waals surface area contributed by atoms with Gasteiger partial charge in [-0.3, -0.25) is 4.79 Å². The van der Waals surface area contributed by atoms with Crippen molar-refractivity contribution in [2.45, 2.75) is 11.8 Å². The van der Waals surface area contributed by atoms with Gasteiger partial charge < -0.3 is 9.47 Å². The lowest BCUT2D eigenvalue weighted by Crippen LogP contribution is -2.29. The number of fused-ring (bicyclic) bond motifs is 1. The van der Waals surface area contributed by atoms with Crippen molar-refractivity contribution in [2.24, 2.45) is 0 Å². The molecule has 130 valence electrons. The second-order valence-electron chi connectivity index (χ2n) is 5.52. The fourth-order valence-corrected chi connectivity index (χ4v) is 3.32. The maximum absolute atomic E-state index is 12.3. The molecular formula is C18H17NO5S. The summed E-state index contributed by atoms with van der Waals surface area (Å²) in [6.45, 7) is 2.70. The first-order valence-electron chi connectivity index (χ1n) is 7.65. The number of nitrogens with one attached hydrogen (secondary N) is 1. The van der Waals surface area contributed by atoms with Crippen LogP contribution in [0, 0.1) is 6.92 Å². The molecule has 0 fully saturated rings. The summed E-state index contributed by atoms with van der Waals surface area (Å²) in [6.07, 6.45) is 2.74. The highest BCUT2D eigenvalue weighted by Crippen LogP contribution is 2.32. The summed E-state index contributed by atoms with van der Waals surface area (Å²) in [5.74, 6) is 0.101. The minimum Gasteiger partial charge on any atom is -0.486 e. The number of hydrogen-bond acceptors (Lipinski definition) is 5. The van der Waals surface area contributed by atoms with Gasteiger partial charge in [0.1, 0.15) is 13.2 Å². The fraction of sp³-hybridized carbons (Fsp3) is 0.167. The number of carbonyl (C=O) groups excluding carboxylic acids is 1. The molecule has 1 amide bonds. The van der Waals surface area contributed by atoms with Crippen LogP contribution >= 0.6 is 0 Å². The number of amides is 1. The molecule has 1 aliphatic rings. The van der Waals surface area contributed by atoms with Crippen LogP contribution in [-0.2, 0) is 14.8 Å². The molecule has 0 aliphatic carbocycles. The average Bonchev–Trinajstić information content (AvgIpc) is 2.59. The summed E-state index contributed by atoms with van der Waals surface area (Å²) < 4.78 is 37.4. The van der Waals surface area contributed by atoms with E-state index in [1.165, 1.54) is 24.3 Å². The normalized spacial score (nSPS) is 13.6. The Morgan fingerprint density at radius 3 is 2.60 bits per heavy atom. The summed E-state index contributed by atoms with van der Waals surface area (Å²) in [6, 6.07) is 11.7. The number of sulfonamides is 1.